The van der Waals surface area contributed by atoms with Crippen LogP contribution in [0.5, 0.6) is 5.75 Å². The highest BCUT2D eigenvalue weighted by Crippen LogP contribution is 2.35. The fraction of sp³-hybridized carbons (Fsp3) is 0.214. The summed E-state index contributed by atoms with van der Waals surface area (Å²) in [5.74, 6) is 0.301. The number of nitrogens with zero attached hydrogens (tertiary/aromatic N) is 3. The Morgan fingerprint density at radius 2 is 1.67 bits per heavy atom. The molecule has 10 nitrogen and oxygen atoms in total. The smallest absolute Gasteiger partial charge is 0.323 e. The van der Waals surface area contributed by atoms with Crippen molar-refractivity contribution < 1.29 is 28.8 Å². The lowest BCUT2D eigenvalue weighted by Gasteiger charge is -2.22. The number of allylic oxidation sites excluding steroid dienone is 4. The van der Waals surface area contributed by atoms with Gasteiger partial charge in [0.15, 0.2) is 0 Å². The van der Waals surface area contributed by atoms with Crippen molar-refractivity contribution in [2.24, 2.45) is 5.92 Å². The van der Waals surface area contributed by atoms with E-state index in [0.29, 0.717) is 23.0 Å². The van der Waals surface area contributed by atoms with Gasteiger partial charge in [0.2, 0.25) is 11.7 Å². The number of anilines is 1. The van der Waals surface area contributed by atoms with Gasteiger partial charge in [0.1, 0.15) is 12.3 Å². The second-order valence-corrected chi connectivity index (χ2v) is 13.0. The van der Waals surface area contributed by atoms with Crippen molar-refractivity contribution in [3.63, 3.8) is 0 Å². The fourth-order valence-electron chi connectivity index (χ4n) is 6.22. The summed E-state index contributed by atoms with van der Waals surface area (Å²) in [5, 5.41) is 16.6. The number of benzene rings is 4. The van der Waals surface area contributed by atoms with Crippen molar-refractivity contribution in [1.29, 1.82) is 0 Å². The number of carboxylic acids is 1. The van der Waals surface area contributed by atoms with E-state index in [-0.39, 0.29) is 30.7 Å². The average molecular weight is 697 g/mol. The summed E-state index contributed by atoms with van der Waals surface area (Å²) in [6.45, 7) is 5.75. The SMILES string of the molecule is COc1ccc(CC(=O)Nc2ccc(C(=O)N(CC(=O)O)Cc3ccc(-c4noc(C5=CC(C)C(c6ccc(C)cc6)C=C5)n4)cc3)cc2)c(C)c1. The quantitative estimate of drug-likeness (QED) is 0.136. The summed E-state index contributed by atoms with van der Waals surface area (Å²) in [6, 6.07) is 27.8. The van der Waals surface area contributed by atoms with Gasteiger partial charge >= 0.3 is 5.97 Å². The van der Waals surface area contributed by atoms with Crippen molar-refractivity contribution in [3.05, 3.63) is 148 Å². The molecular weight excluding hydrogens is 656 g/mol. The van der Waals surface area contributed by atoms with E-state index in [1.165, 1.54) is 16.0 Å². The third-order valence-electron chi connectivity index (χ3n) is 9.14. The van der Waals surface area contributed by atoms with Crippen LogP contribution in [0.2, 0.25) is 0 Å². The lowest BCUT2D eigenvalue weighted by atomic mass is 9.82. The molecular formula is C42H40N4O6. The number of carbonyl (C=O) groups is 3. The lowest BCUT2D eigenvalue weighted by Crippen LogP contribution is -2.35. The number of hydrogen-bond donors (Lipinski definition) is 2. The van der Waals surface area contributed by atoms with Crippen LogP contribution < -0.4 is 10.1 Å². The molecule has 1 aliphatic carbocycles. The van der Waals surface area contributed by atoms with Gasteiger partial charge in [0.25, 0.3) is 11.8 Å². The molecule has 2 atom stereocenters. The molecule has 52 heavy (non-hydrogen) atoms. The number of carbonyl (C=O) groups excluding carboxylic acids is 2. The van der Waals surface area contributed by atoms with Gasteiger partial charge in [-0.05, 0) is 78.4 Å². The topological polar surface area (TPSA) is 135 Å². The van der Waals surface area contributed by atoms with Crippen LogP contribution in [0.25, 0.3) is 17.0 Å². The minimum Gasteiger partial charge on any atom is -0.497 e. The molecule has 2 N–H and O–H groups in total. The molecule has 0 saturated heterocycles. The highest BCUT2D eigenvalue weighted by Gasteiger charge is 2.23. The Morgan fingerprint density at radius 3 is 2.33 bits per heavy atom. The summed E-state index contributed by atoms with van der Waals surface area (Å²) in [5.41, 5.74) is 7.45. The van der Waals surface area contributed by atoms with Gasteiger partial charge in [-0.15, -0.1) is 0 Å². The zero-order valence-electron chi connectivity index (χ0n) is 29.5. The number of hydrogen-bond acceptors (Lipinski definition) is 7. The van der Waals surface area contributed by atoms with E-state index in [2.05, 4.69) is 65.7 Å². The highest BCUT2D eigenvalue weighted by atomic mass is 16.5. The molecule has 0 bridgehead atoms. The molecule has 1 aliphatic rings. The van der Waals surface area contributed by atoms with Crippen molar-refractivity contribution in [2.45, 2.75) is 39.7 Å². The summed E-state index contributed by atoms with van der Waals surface area (Å²) < 4.78 is 10.9. The average Bonchev–Trinajstić information content (AvgIpc) is 3.63. The Morgan fingerprint density at radius 1 is 0.942 bits per heavy atom. The van der Waals surface area contributed by atoms with Crippen LogP contribution in [-0.2, 0) is 22.6 Å². The largest absolute Gasteiger partial charge is 0.497 e. The van der Waals surface area contributed by atoms with Crippen LogP contribution in [0.4, 0.5) is 5.69 Å². The first-order chi connectivity index (χ1) is 25.1. The molecule has 0 aliphatic heterocycles. The van der Waals surface area contributed by atoms with Crippen molar-refractivity contribution >= 4 is 29.0 Å². The molecule has 0 spiro atoms. The lowest BCUT2D eigenvalue weighted by molar-refractivity contribution is -0.137. The van der Waals surface area contributed by atoms with Crippen LogP contribution in [-0.4, -0.2) is 51.6 Å². The molecule has 4 aromatic carbocycles. The van der Waals surface area contributed by atoms with Crippen LogP contribution >= 0.6 is 0 Å². The van der Waals surface area contributed by atoms with Gasteiger partial charge in [0, 0.05) is 34.9 Å². The summed E-state index contributed by atoms with van der Waals surface area (Å²) >= 11 is 0. The maximum Gasteiger partial charge on any atom is 0.323 e. The highest BCUT2D eigenvalue weighted by molar-refractivity contribution is 5.97. The minimum absolute atomic E-state index is 0.0698. The molecule has 1 heterocycles. The summed E-state index contributed by atoms with van der Waals surface area (Å²) in [7, 11) is 1.59. The zero-order chi connectivity index (χ0) is 36.8. The third-order valence-corrected chi connectivity index (χ3v) is 9.14. The van der Waals surface area contributed by atoms with Crippen LogP contribution in [0.15, 0.2) is 114 Å². The zero-order valence-corrected chi connectivity index (χ0v) is 29.5. The maximum absolute atomic E-state index is 13.4. The Balaban J connectivity index is 1.07. The number of aliphatic carboxylic acids is 1. The van der Waals surface area contributed by atoms with Crippen LogP contribution in [0.1, 0.15) is 56.9 Å². The Bertz CT molecular complexity index is 2130. The number of amides is 2. The van der Waals surface area contributed by atoms with Gasteiger partial charge in [-0.1, -0.05) is 90.5 Å². The predicted molar refractivity (Wildman–Crippen MR) is 199 cm³/mol. The van der Waals surface area contributed by atoms with Crippen molar-refractivity contribution in [1.82, 2.24) is 15.0 Å². The number of aryl methyl sites for hydroxylation is 2. The molecule has 0 saturated carbocycles. The molecule has 0 radical (unpaired) electrons. The second-order valence-electron chi connectivity index (χ2n) is 13.0. The molecule has 5 aromatic rings. The first-order valence-electron chi connectivity index (χ1n) is 17.0. The molecule has 6 rings (SSSR count). The van der Waals surface area contributed by atoms with E-state index >= 15 is 0 Å². The second kappa shape index (κ2) is 15.7. The molecule has 264 valence electrons. The number of carboxylic acid groups (broad SMARTS) is 1. The summed E-state index contributed by atoms with van der Waals surface area (Å²) in [6.07, 6.45) is 6.52. The first kappa shape index (κ1) is 35.5. The fourth-order valence-corrected chi connectivity index (χ4v) is 6.22. The summed E-state index contributed by atoms with van der Waals surface area (Å²) in [4.78, 5) is 43.8. The van der Waals surface area contributed by atoms with Crippen LogP contribution in [0, 0.1) is 19.8 Å². The molecule has 10 heteroatoms. The van der Waals surface area contributed by atoms with Crippen molar-refractivity contribution in [3.8, 4) is 17.1 Å². The van der Waals surface area contributed by atoms with Crippen molar-refractivity contribution in [2.75, 3.05) is 19.0 Å². The van der Waals surface area contributed by atoms with E-state index in [0.717, 1.165) is 33.6 Å². The normalized spacial score (nSPS) is 15.1. The molecule has 2 amide bonds. The Hall–Kier alpha value is -6.29. The number of nitrogens with one attached hydrogen (secondary N) is 1. The predicted octanol–water partition coefficient (Wildman–Crippen LogP) is 7.64. The van der Waals surface area contributed by atoms with Gasteiger partial charge < -0.3 is 24.6 Å². The van der Waals surface area contributed by atoms with Crippen LogP contribution in [0.3, 0.4) is 0 Å². The van der Waals surface area contributed by atoms with E-state index in [1.54, 1.807) is 31.4 Å². The monoisotopic (exact) mass is 696 g/mol. The van der Waals surface area contributed by atoms with E-state index in [4.69, 9.17) is 9.26 Å². The van der Waals surface area contributed by atoms with E-state index in [1.807, 2.05) is 55.5 Å². The van der Waals surface area contributed by atoms with Gasteiger partial charge in [-0.2, -0.15) is 4.98 Å². The molecule has 2 unspecified atom stereocenters. The Labute approximate surface area is 302 Å². The minimum atomic E-state index is -1.13. The van der Waals surface area contributed by atoms with Gasteiger partial charge in [0.05, 0.1) is 13.5 Å². The van der Waals surface area contributed by atoms with E-state index in [9.17, 15) is 19.5 Å². The molecule has 1 aromatic heterocycles. The number of aromatic nitrogens is 2. The molecule has 0 fully saturated rings. The van der Waals surface area contributed by atoms with Gasteiger partial charge in [-0.25, -0.2) is 0 Å². The third kappa shape index (κ3) is 8.53. The van der Waals surface area contributed by atoms with Gasteiger partial charge in [-0.3, -0.25) is 14.4 Å². The maximum atomic E-state index is 13.4. The first-order valence-corrected chi connectivity index (χ1v) is 17.0. The standard InChI is InChI=1S/C42H40N4O6/c1-26-5-9-30(10-6-26)37-20-16-34(21-28(37)3)41-44-40(45-52-41)31-11-7-29(8-12-31)24-46(25-39(48)49)42(50)32-13-17-35(18-14-32)43-38(47)23-33-15-19-36(51-4)22-27(33)2/h5-22,28,37H,23-25H2,1-4H3,(H,43,47)(H,48,49). The number of methoxy groups -OCH3 is 1. The Kier molecular flexibility index (Phi) is 10.7. The number of ether oxygens (including phenoxy) is 1. The van der Waals surface area contributed by atoms with E-state index < -0.39 is 18.4 Å². The number of rotatable bonds is 12.